The number of hydrogen-bond acceptors (Lipinski definition) is 5. The first-order valence-corrected chi connectivity index (χ1v) is 14.9. The summed E-state index contributed by atoms with van der Waals surface area (Å²) in [6.45, 7) is 7.03. The molecule has 204 valence electrons. The van der Waals surface area contributed by atoms with Crippen molar-refractivity contribution >= 4 is 44.6 Å². The first-order chi connectivity index (χ1) is 19.6. The highest BCUT2D eigenvalue weighted by atomic mass is 35.5. The van der Waals surface area contributed by atoms with Crippen molar-refractivity contribution in [3.05, 3.63) is 70.5 Å². The van der Waals surface area contributed by atoms with Crippen LogP contribution in [0.5, 0.6) is 0 Å². The van der Waals surface area contributed by atoms with Gasteiger partial charge in [-0.2, -0.15) is 15.5 Å². The molecule has 1 aliphatic carbocycles. The molecule has 3 aliphatic rings. The van der Waals surface area contributed by atoms with E-state index in [1.165, 1.54) is 30.4 Å². The van der Waals surface area contributed by atoms with Crippen molar-refractivity contribution in [2.45, 2.75) is 51.1 Å². The minimum absolute atomic E-state index is 0.0306. The Morgan fingerprint density at radius 2 is 2.00 bits per heavy atom. The third kappa shape index (κ3) is 4.35. The van der Waals surface area contributed by atoms with Crippen molar-refractivity contribution in [3.8, 4) is 6.07 Å². The number of nitriles is 1. The maximum Gasteiger partial charge on any atom is 0.111 e. The van der Waals surface area contributed by atoms with E-state index in [0.29, 0.717) is 16.6 Å². The Morgan fingerprint density at radius 1 is 1.12 bits per heavy atom. The summed E-state index contributed by atoms with van der Waals surface area (Å²) < 4.78 is 2.18. The first kappa shape index (κ1) is 25.5. The molecule has 1 N–H and O–H groups in total. The molecule has 1 atom stereocenters. The Balaban J connectivity index is 1.36. The molecule has 8 heteroatoms. The van der Waals surface area contributed by atoms with Crippen LogP contribution < -0.4 is 0 Å². The van der Waals surface area contributed by atoms with Gasteiger partial charge >= 0.3 is 0 Å². The second-order valence-electron chi connectivity index (χ2n) is 11.4. The summed E-state index contributed by atoms with van der Waals surface area (Å²) in [5.41, 5.74) is 6.97. The van der Waals surface area contributed by atoms with Gasteiger partial charge in [-0.3, -0.25) is 19.6 Å². The highest BCUT2D eigenvalue weighted by Crippen LogP contribution is 2.38. The SMILES string of the molecule is CCCN1CCC=C(c2nn(C3C=C(c4[nH]nc5c(Cl)cccc45)CN(C4CCC4)C3)c3cccc(C#N)c23)C1. The molecule has 7 rings (SSSR count). The summed E-state index contributed by atoms with van der Waals surface area (Å²) >= 11 is 6.48. The van der Waals surface area contributed by atoms with Crippen LogP contribution >= 0.6 is 11.6 Å². The molecule has 0 spiro atoms. The molecule has 2 aromatic heterocycles. The summed E-state index contributed by atoms with van der Waals surface area (Å²) in [4.78, 5) is 5.12. The second-order valence-corrected chi connectivity index (χ2v) is 11.8. The Bertz CT molecular complexity index is 1680. The van der Waals surface area contributed by atoms with Gasteiger partial charge in [0.2, 0.25) is 0 Å². The molecular formula is C32H34ClN7. The maximum atomic E-state index is 10.1. The van der Waals surface area contributed by atoms with Crippen LogP contribution in [0.2, 0.25) is 5.02 Å². The number of fused-ring (bicyclic) bond motifs is 2. The van der Waals surface area contributed by atoms with Gasteiger partial charge in [0.05, 0.1) is 39.6 Å². The quantitative estimate of drug-likeness (QED) is 0.299. The number of hydrogen-bond donors (Lipinski definition) is 1. The lowest BCUT2D eigenvalue weighted by atomic mass is 9.89. The van der Waals surface area contributed by atoms with Crippen LogP contribution in [0.1, 0.15) is 62.0 Å². The van der Waals surface area contributed by atoms with E-state index in [1.807, 2.05) is 24.3 Å². The predicted octanol–water partition coefficient (Wildman–Crippen LogP) is 6.43. The van der Waals surface area contributed by atoms with Crippen molar-refractivity contribution in [1.82, 2.24) is 29.8 Å². The molecule has 7 nitrogen and oxygen atoms in total. The topological polar surface area (TPSA) is 76.8 Å². The smallest absolute Gasteiger partial charge is 0.111 e. The zero-order valence-corrected chi connectivity index (χ0v) is 23.7. The van der Waals surface area contributed by atoms with Crippen LogP contribution in [0, 0.1) is 11.3 Å². The van der Waals surface area contributed by atoms with E-state index in [4.69, 9.17) is 16.7 Å². The lowest BCUT2D eigenvalue weighted by Gasteiger charge is -2.42. The predicted molar refractivity (Wildman–Crippen MR) is 161 cm³/mol. The van der Waals surface area contributed by atoms with Crippen LogP contribution in [-0.4, -0.2) is 68.5 Å². The van der Waals surface area contributed by atoms with Crippen LogP contribution in [0.4, 0.5) is 0 Å². The fourth-order valence-electron chi connectivity index (χ4n) is 6.70. The number of nitrogens with zero attached hydrogens (tertiary/aromatic N) is 6. The fourth-order valence-corrected chi connectivity index (χ4v) is 6.91. The third-order valence-electron chi connectivity index (χ3n) is 8.88. The molecule has 1 unspecified atom stereocenters. The lowest BCUT2D eigenvalue weighted by Crippen LogP contribution is -2.46. The van der Waals surface area contributed by atoms with Crippen LogP contribution in [0.15, 0.2) is 48.6 Å². The Labute approximate surface area is 239 Å². The van der Waals surface area contributed by atoms with Gasteiger partial charge in [-0.1, -0.05) is 55.3 Å². The van der Waals surface area contributed by atoms with Gasteiger partial charge in [-0.25, -0.2) is 0 Å². The summed E-state index contributed by atoms with van der Waals surface area (Å²) in [6.07, 6.45) is 10.6. The minimum Gasteiger partial charge on any atom is -0.299 e. The van der Waals surface area contributed by atoms with E-state index in [2.05, 4.69) is 62.0 Å². The van der Waals surface area contributed by atoms with E-state index < -0.39 is 0 Å². The van der Waals surface area contributed by atoms with Gasteiger partial charge in [-0.15, -0.1) is 0 Å². The zero-order valence-electron chi connectivity index (χ0n) is 22.9. The average molecular weight is 552 g/mol. The van der Waals surface area contributed by atoms with Gasteiger partial charge in [0.25, 0.3) is 0 Å². The van der Waals surface area contributed by atoms with E-state index in [0.717, 1.165) is 78.8 Å². The fraction of sp³-hybridized carbons (Fsp3) is 0.406. The Kier molecular flexibility index (Phi) is 6.71. The van der Waals surface area contributed by atoms with Crippen LogP contribution in [0.3, 0.4) is 0 Å². The molecule has 4 aromatic rings. The van der Waals surface area contributed by atoms with Gasteiger partial charge in [-0.05, 0) is 61.6 Å². The van der Waals surface area contributed by atoms with Crippen molar-refractivity contribution in [2.24, 2.45) is 0 Å². The van der Waals surface area contributed by atoms with Crippen molar-refractivity contribution in [2.75, 3.05) is 32.7 Å². The number of aromatic amines is 1. The Hall–Kier alpha value is -3.44. The van der Waals surface area contributed by atoms with Gasteiger partial charge in [0, 0.05) is 43.0 Å². The normalized spacial score (nSPS) is 20.9. The van der Waals surface area contributed by atoms with Gasteiger partial charge < -0.3 is 0 Å². The van der Waals surface area contributed by atoms with E-state index in [9.17, 15) is 5.26 Å². The molecule has 2 aromatic carbocycles. The van der Waals surface area contributed by atoms with Crippen molar-refractivity contribution in [1.29, 1.82) is 5.26 Å². The molecule has 1 fully saturated rings. The minimum atomic E-state index is 0.0306. The highest BCUT2D eigenvalue weighted by Gasteiger charge is 2.33. The number of H-pyrrole nitrogens is 1. The molecular weight excluding hydrogens is 518 g/mol. The first-order valence-electron chi connectivity index (χ1n) is 14.6. The highest BCUT2D eigenvalue weighted by molar-refractivity contribution is 6.35. The van der Waals surface area contributed by atoms with Crippen molar-refractivity contribution in [3.63, 3.8) is 0 Å². The molecule has 0 radical (unpaired) electrons. The molecule has 0 bridgehead atoms. The molecule has 40 heavy (non-hydrogen) atoms. The van der Waals surface area contributed by atoms with E-state index >= 15 is 0 Å². The number of para-hydroxylation sites is 1. The summed E-state index contributed by atoms with van der Waals surface area (Å²) in [7, 11) is 0. The largest absolute Gasteiger partial charge is 0.299 e. The number of rotatable bonds is 6. The Morgan fingerprint density at radius 3 is 2.80 bits per heavy atom. The molecule has 0 amide bonds. The lowest BCUT2D eigenvalue weighted by molar-refractivity contribution is 0.125. The van der Waals surface area contributed by atoms with E-state index in [-0.39, 0.29) is 6.04 Å². The van der Waals surface area contributed by atoms with Gasteiger partial charge in [0.1, 0.15) is 5.52 Å². The van der Waals surface area contributed by atoms with Crippen LogP contribution in [-0.2, 0) is 0 Å². The number of halogens is 1. The maximum absolute atomic E-state index is 10.1. The van der Waals surface area contributed by atoms with Crippen molar-refractivity contribution < 1.29 is 0 Å². The van der Waals surface area contributed by atoms with Gasteiger partial charge in [0.15, 0.2) is 0 Å². The zero-order chi connectivity index (χ0) is 27.2. The summed E-state index contributed by atoms with van der Waals surface area (Å²) in [5, 5.41) is 26.0. The third-order valence-corrected chi connectivity index (χ3v) is 9.18. The molecule has 0 saturated heterocycles. The van der Waals surface area contributed by atoms with Crippen LogP contribution in [0.25, 0.3) is 33.0 Å². The standard InChI is InChI=1S/C32H34ClN7/c1-2-14-38-15-6-8-22(18-38)31-29-21(17-34)7-3-13-28(29)40(37-31)25-16-23(19-39(20-25)24-9-4-10-24)30-26-11-5-12-27(33)32(26)36-35-30/h3,5,7-8,11-13,16,24-25H,2,4,6,9-10,14-15,18-20H2,1H3,(H,35,36). The monoisotopic (exact) mass is 551 g/mol. The number of nitrogens with one attached hydrogen (secondary N) is 1. The second kappa shape index (κ2) is 10.5. The number of benzene rings is 2. The summed E-state index contributed by atoms with van der Waals surface area (Å²) in [6, 6.07) is 15.1. The van der Waals surface area contributed by atoms with E-state index in [1.54, 1.807) is 0 Å². The summed E-state index contributed by atoms with van der Waals surface area (Å²) in [5.74, 6) is 0. The molecule has 4 heterocycles. The molecule has 2 aliphatic heterocycles. The number of aromatic nitrogens is 4. The molecule has 1 saturated carbocycles. The average Bonchev–Trinajstić information content (AvgIpc) is 3.56.